The van der Waals surface area contributed by atoms with Crippen LogP contribution in [0.5, 0.6) is 0 Å². The number of carbonyl (C=O) groups is 1. The Morgan fingerprint density at radius 3 is 2.13 bits per heavy atom. The van der Waals surface area contributed by atoms with Crippen molar-refractivity contribution in [3.8, 4) is 0 Å². The molecule has 1 aromatic rings. The van der Waals surface area contributed by atoms with E-state index in [2.05, 4.69) is 15.9 Å². The molecule has 0 aliphatic carbocycles. The first-order valence-corrected chi connectivity index (χ1v) is 6.84. The molecule has 0 aromatic heterocycles. The SMILES string of the molecule is O=C(Cl)C(Cl)S(=O)(=O)c1ccc(Br)cc1. The summed E-state index contributed by atoms with van der Waals surface area (Å²) in [6.07, 6.45) is 0. The van der Waals surface area contributed by atoms with Gasteiger partial charge in [0.2, 0.25) is 14.5 Å². The van der Waals surface area contributed by atoms with Gasteiger partial charge in [-0.3, -0.25) is 4.79 Å². The highest BCUT2D eigenvalue weighted by atomic mass is 79.9. The summed E-state index contributed by atoms with van der Waals surface area (Å²) in [5, 5.41) is -1.11. The Hall–Kier alpha value is -0.100. The number of alkyl halides is 1. The van der Waals surface area contributed by atoms with Crippen molar-refractivity contribution in [2.75, 3.05) is 0 Å². The molecule has 82 valence electrons. The largest absolute Gasteiger partial charge is 0.278 e. The van der Waals surface area contributed by atoms with E-state index in [1.54, 1.807) is 0 Å². The highest BCUT2D eigenvalue weighted by Gasteiger charge is 2.30. The van der Waals surface area contributed by atoms with Crippen LogP contribution in [0.3, 0.4) is 0 Å². The lowest BCUT2D eigenvalue weighted by Crippen LogP contribution is -2.21. The zero-order chi connectivity index (χ0) is 11.6. The molecule has 0 N–H and O–H groups in total. The minimum atomic E-state index is -3.89. The maximum absolute atomic E-state index is 11.6. The molecule has 15 heavy (non-hydrogen) atoms. The van der Waals surface area contributed by atoms with Crippen LogP contribution in [0.2, 0.25) is 0 Å². The fourth-order valence-corrected chi connectivity index (χ4v) is 2.79. The van der Waals surface area contributed by atoms with Gasteiger partial charge >= 0.3 is 0 Å². The van der Waals surface area contributed by atoms with E-state index >= 15 is 0 Å². The molecule has 0 amide bonds. The first-order valence-electron chi connectivity index (χ1n) is 3.68. The second-order valence-corrected chi connectivity index (χ2v) is 6.64. The molecule has 0 aliphatic rings. The van der Waals surface area contributed by atoms with Crippen LogP contribution in [0.4, 0.5) is 0 Å². The monoisotopic (exact) mass is 330 g/mol. The summed E-state index contributed by atoms with van der Waals surface area (Å²) in [4.78, 5) is 10.6. The predicted molar refractivity (Wildman–Crippen MR) is 61.8 cm³/mol. The standard InChI is InChI=1S/C8H5BrCl2O3S/c9-5-1-3-6(4-2-5)15(13,14)8(11)7(10)12/h1-4,8H. The Morgan fingerprint density at radius 1 is 1.27 bits per heavy atom. The third-order valence-corrected chi connectivity index (χ3v) is 5.17. The second-order valence-electron chi connectivity index (χ2n) is 2.62. The van der Waals surface area contributed by atoms with Crippen molar-refractivity contribution >= 4 is 54.2 Å². The van der Waals surface area contributed by atoms with Gasteiger partial charge in [-0.05, 0) is 35.9 Å². The van der Waals surface area contributed by atoms with E-state index in [4.69, 9.17) is 23.2 Å². The zero-order valence-electron chi connectivity index (χ0n) is 7.15. The average Bonchev–Trinajstić information content (AvgIpc) is 2.17. The van der Waals surface area contributed by atoms with Gasteiger partial charge < -0.3 is 0 Å². The lowest BCUT2D eigenvalue weighted by molar-refractivity contribution is -0.110. The van der Waals surface area contributed by atoms with Gasteiger partial charge in [-0.15, -0.1) is 0 Å². The van der Waals surface area contributed by atoms with Gasteiger partial charge in [-0.1, -0.05) is 27.5 Å². The molecule has 1 unspecified atom stereocenters. The van der Waals surface area contributed by atoms with Crippen LogP contribution >= 0.6 is 39.1 Å². The van der Waals surface area contributed by atoms with Crippen molar-refractivity contribution < 1.29 is 13.2 Å². The van der Waals surface area contributed by atoms with Gasteiger partial charge in [-0.25, -0.2) is 8.42 Å². The smallest absolute Gasteiger partial charge is 0.255 e. The van der Waals surface area contributed by atoms with Crippen molar-refractivity contribution in [2.45, 2.75) is 9.60 Å². The number of hydrogen-bond donors (Lipinski definition) is 0. The van der Waals surface area contributed by atoms with Gasteiger partial charge in [-0.2, -0.15) is 0 Å². The quantitative estimate of drug-likeness (QED) is 0.631. The minimum Gasteiger partial charge on any atom is -0.278 e. The molecular formula is C8H5BrCl2O3S. The van der Waals surface area contributed by atoms with E-state index in [1.807, 2.05) is 0 Å². The molecule has 0 spiro atoms. The van der Waals surface area contributed by atoms with Gasteiger partial charge in [0.1, 0.15) is 0 Å². The molecule has 0 saturated carbocycles. The third-order valence-electron chi connectivity index (χ3n) is 1.59. The lowest BCUT2D eigenvalue weighted by atomic mass is 10.4. The molecule has 0 saturated heterocycles. The Balaban J connectivity index is 3.17. The molecule has 0 fully saturated rings. The number of rotatable bonds is 3. The maximum Gasteiger partial charge on any atom is 0.255 e. The summed E-state index contributed by atoms with van der Waals surface area (Å²) in [6.45, 7) is 0. The molecule has 0 aliphatic heterocycles. The molecule has 7 heteroatoms. The van der Waals surface area contributed by atoms with E-state index in [1.165, 1.54) is 24.3 Å². The predicted octanol–water partition coefficient (Wildman–Crippen LogP) is 2.55. The normalized spacial score (nSPS) is 13.5. The highest BCUT2D eigenvalue weighted by molar-refractivity contribution is 9.10. The fraction of sp³-hybridized carbons (Fsp3) is 0.125. The van der Waals surface area contributed by atoms with Crippen molar-refractivity contribution in [1.82, 2.24) is 0 Å². The molecule has 3 nitrogen and oxygen atoms in total. The molecule has 1 rings (SSSR count). The maximum atomic E-state index is 11.6. The number of hydrogen-bond acceptors (Lipinski definition) is 3. The van der Waals surface area contributed by atoms with E-state index in [9.17, 15) is 13.2 Å². The van der Waals surface area contributed by atoms with Crippen LogP contribution in [0, 0.1) is 0 Å². The Kier molecular flexibility index (Phi) is 4.17. The molecule has 0 bridgehead atoms. The van der Waals surface area contributed by atoms with Gasteiger partial charge in [0.05, 0.1) is 4.90 Å². The van der Waals surface area contributed by atoms with Crippen molar-refractivity contribution in [1.29, 1.82) is 0 Å². The first kappa shape index (κ1) is 13.0. The third kappa shape index (κ3) is 2.93. The highest BCUT2D eigenvalue weighted by Crippen LogP contribution is 2.22. The Labute approximate surface area is 105 Å². The number of halogens is 3. The minimum absolute atomic E-state index is 0.0419. The molecule has 1 aromatic carbocycles. The van der Waals surface area contributed by atoms with Gasteiger partial charge in [0.25, 0.3) is 5.24 Å². The van der Waals surface area contributed by atoms with Crippen LogP contribution in [0.1, 0.15) is 0 Å². The topological polar surface area (TPSA) is 51.2 Å². The Bertz CT molecular complexity index is 469. The van der Waals surface area contributed by atoms with Crippen molar-refractivity contribution in [2.24, 2.45) is 0 Å². The van der Waals surface area contributed by atoms with Crippen molar-refractivity contribution in [3.05, 3.63) is 28.7 Å². The van der Waals surface area contributed by atoms with Crippen LogP contribution in [0.25, 0.3) is 0 Å². The van der Waals surface area contributed by atoms with E-state index < -0.39 is 19.8 Å². The Morgan fingerprint density at radius 2 is 1.73 bits per heavy atom. The fourth-order valence-electron chi connectivity index (χ4n) is 0.866. The molecule has 0 radical (unpaired) electrons. The summed E-state index contributed by atoms with van der Waals surface area (Å²) < 4.78 is 22.2. The summed E-state index contributed by atoms with van der Waals surface area (Å²) >= 11 is 13.6. The van der Waals surface area contributed by atoms with E-state index in [0.29, 0.717) is 0 Å². The summed E-state index contributed by atoms with van der Waals surface area (Å²) in [5.74, 6) is 0. The van der Waals surface area contributed by atoms with Crippen LogP contribution < -0.4 is 0 Å². The van der Waals surface area contributed by atoms with Crippen LogP contribution in [0.15, 0.2) is 33.6 Å². The molecule has 1 atom stereocenters. The lowest BCUT2D eigenvalue weighted by Gasteiger charge is -2.06. The van der Waals surface area contributed by atoms with E-state index in [-0.39, 0.29) is 4.90 Å². The molecular weight excluding hydrogens is 327 g/mol. The number of sulfone groups is 1. The zero-order valence-corrected chi connectivity index (χ0v) is 11.1. The van der Waals surface area contributed by atoms with Gasteiger partial charge in [0.15, 0.2) is 0 Å². The summed E-state index contributed by atoms with van der Waals surface area (Å²) in [7, 11) is -3.89. The van der Waals surface area contributed by atoms with Crippen LogP contribution in [-0.4, -0.2) is 18.4 Å². The second kappa shape index (κ2) is 4.82. The van der Waals surface area contributed by atoms with Gasteiger partial charge in [0, 0.05) is 4.47 Å². The van der Waals surface area contributed by atoms with E-state index in [0.717, 1.165) is 4.47 Å². The first-order chi connectivity index (χ1) is 6.85. The number of carbonyl (C=O) groups excluding carboxylic acids is 1. The average molecular weight is 332 g/mol. The summed E-state index contributed by atoms with van der Waals surface area (Å²) in [5.41, 5.74) is 0. The van der Waals surface area contributed by atoms with Crippen molar-refractivity contribution in [3.63, 3.8) is 0 Å². The van der Waals surface area contributed by atoms with Crippen LogP contribution in [-0.2, 0) is 14.6 Å². The number of benzene rings is 1. The molecule has 0 heterocycles. The summed E-state index contributed by atoms with van der Waals surface area (Å²) in [6, 6.07) is 5.76.